The topological polar surface area (TPSA) is 159 Å². The molecule has 0 radical (unpaired) electrons. The van der Waals surface area contributed by atoms with Crippen LogP contribution < -0.4 is 15.5 Å². The number of amidine groups is 2. The number of benzene rings is 2. The molecule has 2 heterocycles. The summed E-state index contributed by atoms with van der Waals surface area (Å²) in [5, 5.41) is 9.47. The fourth-order valence-electron chi connectivity index (χ4n) is 4.12. The molecule has 0 bridgehead atoms. The number of aliphatic imine (C=N–C) groups is 1. The molecule has 4 rings (SSSR count). The summed E-state index contributed by atoms with van der Waals surface area (Å²) in [4.78, 5) is 52.8. The van der Waals surface area contributed by atoms with Crippen molar-refractivity contribution in [1.29, 1.82) is 5.40 Å². The third kappa shape index (κ3) is 10.3. The zero-order valence-electron chi connectivity index (χ0n) is 28.6. The van der Waals surface area contributed by atoms with Gasteiger partial charge < -0.3 is 20.1 Å². The fraction of sp³-hybridized carbons (Fsp3) is 0.229. The summed E-state index contributed by atoms with van der Waals surface area (Å²) in [6.07, 6.45) is 1.40. The lowest BCUT2D eigenvalue weighted by Crippen LogP contribution is -2.41. The van der Waals surface area contributed by atoms with Gasteiger partial charge in [0, 0.05) is 23.8 Å². The van der Waals surface area contributed by atoms with Gasteiger partial charge in [-0.05, 0) is 102 Å². The van der Waals surface area contributed by atoms with Gasteiger partial charge in [-0.15, -0.1) is 0 Å². The number of amides is 3. The lowest BCUT2D eigenvalue weighted by atomic mass is 10.1. The lowest BCUT2D eigenvalue weighted by Gasteiger charge is -2.28. The third-order valence-corrected chi connectivity index (χ3v) is 6.72. The van der Waals surface area contributed by atoms with E-state index in [1.807, 2.05) is 0 Å². The van der Waals surface area contributed by atoms with Crippen molar-refractivity contribution in [2.45, 2.75) is 52.7 Å². The van der Waals surface area contributed by atoms with Crippen molar-refractivity contribution < 1.29 is 25.3 Å². The van der Waals surface area contributed by atoms with Gasteiger partial charge in [0.05, 0.1) is 21.3 Å². The predicted molar refractivity (Wildman–Crippen MR) is 191 cm³/mol. The Kier molecular flexibility index (Phi) is 10.9. The maximum absolute atomic E-state index is 13.4. The first-order valence-electron chi connectivity index (χ1n) is 15.4. The van der Waals surface area contributed by atoms with Crippen LogP contribution in [0, 0.1) is 5.40 Å². The summed E-state index contributed by atoms with van der Waals surface area (Å²) in [7, 11) is 0. The molecule has 0 saturated heterocycles. The van der Waals surface area contributed by atoms with Crippen molar-refractivity contribution >= 4 is 70.0 Å². The molecule has 4 aromatic rings. The molecule has 0 aliphatic rings. The number of pyridine rings is 2. The molecule has 2 aromatic heterocycles. The van der Waals surface area contributed by atoms with Crippen molar-refractivity contribution in [3.63, 3.8) is 0 Å². The van der Waals surface area contributed by atoms with E-state index in [1.54, 1.807) is 90.2 Å². The average molecular weight is 705 g/mol. The minimum Gasteiger partial charge on any atom is -0.443 e. The molecule has 14 heteroatoms. The molecule has 0 spiro atoms. The van der Waals surface area contributed by atoms with Crippen molar-refractivity contribution in [1.82, 2.24) is 9.97 Å². The fourth-order valence-corrected chi connectivity index (χ4v) is 4.65. The van der Waals surface area contributed by atoms with E-state index in [1.165, 1.54) is 36.5 Å². The second-order valence-electron chi connectivity index (χ2n) is 12.5. The molecule has 0 saturated carbocycles. The Balaban J connectivity index is 1.57. The Morgan fingerprint density at radius 2 is 1.39 bits per heavy atom. The highest BCUT2D eigenvalue weighted by Gasteiger charge is 2.30. The standard InChI is InChI=1S/C35H35Cl2N7O5/c1-34(2,3)48-32(46)43-30(27-12-8-10-18-40-27)41-21-13-15-23(24(36)19-21)31(45)42-22-14-16-28(25(37)20-22)44(33(47)49-35(4,5)6)29(38)26-11-7-9-17-39-26/h7-20,38H,1-6H3,(H,42,45)(H,41,43,46)/b38-29+. The SMILES string of the molecule is [H]/N=C(\c1ccccn1)N(C(=O)OC(C)(C)C)c1ccc(NC(=O)c2ccc(N/C(=N/C(=O)OC(C)(C)C)c3ccccn3)cc2Cl)cc1Cl. The minimum absolute atomic E-state index is 0.0442. The molecule has 0 aliphatic heterocycles. The normalized spacial score (nSPS) is 12.4. The summed E-state index contributed by atoms with van der Waals surface area (Å²) in [6.45, 7) is 10.3. The zero-order valence-corrected chi connectivity index (χ0v) is 29.1. The molecular weight excluding hydrogens is 669 g/mol. The zero-order chi connectivity index (χ0) is 36.6. The van der Waals surface area contributed by atoms with Crippen molar-refractivity contribution in [3.8, 4) is 0 Å². The molecule has 0 atom stereocenters. The van der Waals surface area contributed by atoms with E-state index >= 15 is 0 Å². The first kappa shape index (κ1) is 35.0. The maximum Gasteiger partial charge on any atom is 0.436 e. The quantitative estimate of drug-likeness (QED) is 0.133. The van der Waals surface area contributed by atoms with E-state index in [9.17, 15) is 14.4 Å². The van der Waals surface area contributed by atoms with E-state index in [0.717, 1.165) is 4.90 Å². The number of rotatable bonds is 6. The van der Waals surface area contributed by atoms with Gasteiger partial charge >= 0.3 is 12.2 Å². The van der Waals surface area contributed by atoms with Crippen LogP contribution in [0.5, 0.6) is 0 Å². The highest BCUT2D eigenvalue weighted by molar-refractivity contribution is 6.36. The molecule has 49 heavy (non-hydrogen) atoms. The number of halogens is 2. The van der Waals surface area contributed by atoms with Gasteiger partial charge in [0.1, 0.15) is 22.6 Å². The van der Waals surface area contributed by atoms with E-state index in [-0.39, 0.29) is 44.3 Å². The lowest BCUT2D eigenvalue weighted by molar-refractivity contribution is 0.0592. The van der Waals surface area contributed by atoms with E-state index in [0.29, 0.717) is 11.4 Å². The van der Waals surface area contributed by atoms with Gasteiger partial charge in [-0.1, -0.05) is 35.3 Å². The van der Waals surface area contributed by atoms with Crippen LogP contribution in [0.25, 0.3) is 0 Å². The predicted octanol–water partition coefficient (Wildman–Crippen LogP) is 8.60. The smallest absolute Gasteiger partial charge is 0.436 e. The Morgan fingerprint density at radius 3 is 1.94 bits per heavy atom. The Hall–Kier alpha value is -5.33. The number of aromatic nitrogens is 2. The summed E-state index contributed by atoms with van der Waals surface area (Å²) >= 11 is 13.2. The van der Waals surface area contributed by atoms with E-state index < -0.39 is 29.3 Å². The van der Waals surface area contributed by atoms with Crippen LogP contribution in [-0.4, -0.2) is 50.9 Å². The second kappa shape index (κ2) is 15.3. The number of hydrogen-bond donors (Lipinski definition) is 3. The van der Waals surface area contributed by atoms with Crippen LogP contribution in [0.15, 0.2) is 90.2 Å². The van der Waals surface area contributed by atoms with Crippen molar-refractivity contribution in [3.05, 3.63) is 112 Å². The number of hydrogen-bond acceptors (Lipinski definition) is 8. The van der Waals surface area contributed by atoms with Gasteiger partial charge in [0.15, 0.2) is 13.1 Å². The van der Waals surface area contributed by atoms with Crippen LogP contribution in [0.3, 0.4) is 0 Å². The largest absolute Gasteiger partial charge is 0.443 e. The number of carbonyl (C=O) groups is 3. The first-order chi connectivity index (χ1) is 23.5. The monoisotopic (exact) mass is 703 g/mol. The Labute approximate surface area is 295 Å². The summed E-state index contributed by atoms with van der Waals surface area (Å²) in [5.74, 6) is -0.560. The molecule has 0 fully saturated rings. The summed E-state index contributed by atoms with van der Waals surface area (Å²) in [5.41, 5.74) is -0.0300. The number of carbonyl (C=O) groups excluding carboxylic acids is 3. The minimum atomic E-state index is -0.873. The molecule has 3 N–H and O–H groups in total. The summed E-state index contributed by atoms with van der Waals surface area (Å²) in [6, 6.07) is 19.1. The number of ether oxygens (including phenoxy) is 2. The van der Waals surface area contributed by atoms with E-state index in [2.05, 4.69) is 31.0 Å². The number of anilines is 3. The number of nitrogens with zero attached hydrogens (tertiary/aromatic N) is 4. The van der Waals surface area contributed by atoms with Gasteiger partial charge in [0.2, 0.25) is 0 Å². The number of nitrogens with one attached hydrogen (secondary N) is 3. The van der Waals surface area contributed by atoms with Crippen LogP contribution in [0.2, 0.25) is 11.5 Å². The van der Waals surface area contributed by atoms with E-state index in [4.69, 9.17) is 34.1 Å². The van der Waals surface area contributed by atoms with Crippen molar-refractivity contribution in [2.24, 2.45) is 4.99 Å². The van der Waals surface area contributed by atoms with Gasteiger partial charge in [0.25, 0.3) is 5.91 Å². The Bertz CT molecular complexity index is 1930. The van der Waals surface area contributed by atoms with Gasteiger partial charge in [-0.3, -0.25) is 20.2 Å². The van der Waals surface area contributed by atoms with Crippen LogP contribution in [0.4, 0.5) is 26.7 Å². The van der Waals surface area contributed by atoms with Crippen molar-refractivity contribution in [2.75, 3.05) is 15.5 Å². The molecule has 0 aliphatic carbocycles. The molecule has 2 aromatic carbocycles. The average Bonchev–Trinajstić information content (AvgIpc) is 3.03. The third-order valence-electron chi connectivity index (χ3n) is 6.11. The highest BCUT2D eigenvalue weighted by atomic mass is 35.5. The molecule has 254 valence electrons. The molecule has 0 unspecified atom stereocenters. The first-order valence-corrected chi connectivity index (χ1v) is 15.7. The van der Waals surface area contributed by atoms with Gasteiger partial charge in [-0.25, -0.2) is 14.5 Å². The molecular formula is C35H35Cl2N7O5. The maximum atomic E-state index is 13.4. The highest BCUT2D eigenvalue weighted by Crippen LogP contribution is 2.32. The van der Waals surface area contributed by atoms with Crippen LogP contribution in [0.1, 0.15) is 63.3 Å². The van der Waals surface area contributed by atoms with Crippen LogP contribution in [-0.2, 0) is 9.47 Å². The molecule has 12 nitrogen and oxygen atoms in total. The Morgan fingerprint density at radius 1 is 0.796 bits per heavy atom. The van der Waals surface area contributed by atoms with Crippen LogP contribution >= 0.6 is 23.2 Å². The molecule has 3 amide bonds. The summed E-state index contributed by atoms with van der Waals surface area (Å²) < 4.78 is 18.7. The van der Waals surface area contributed by atoms with Gasteiger partial charge in [-0.2, -0.15) is 4.99 Å². The second-order valence-corrected chi connectivity index (χ2v) is 13.3.